The van der Waals surface area contributed by atoms with Gasteiger partial charge < -0.3 is 4.42 Å². The first-order valence-electron chi connectivity index (χ1n) is 27.2. The van der Waals surface area contributed by atoms with E-state index in [0.29, 0.717) is 0 Å². The average Bonchev–Trinajstić information content (AvgIpc) is 3.89. The lowest BCUT2D eigenvalue weighted by atomic mass is 9.92. The van der Waals surface area contributed by atoms with Crippen molar-refractivity contribution in [2.45, 2.75) is 0 Å². The van der Waals surface area contributed by atoms with Gasteiger partial charge in [0, 0.05) is 27.5 Å². The minimum absolute atomic E-state index is 0.217. The molecule has 8 aromatic carbocycles. The molecule has 0 unspecified atom stereocenters. The van der Waals surface area contributed by atoms with Crippen molar-refractivity contribution in [3.8, 4) is 56.4 Å². The van der Waals surface area contributed by atoms with Gasteiger partial charge in [-0.25, -0.2) is 15.0 Å². The van der Waals surface area contributed by atoms with Crippen LogP contribution in [0.15, 0.2) is 180 Å². The van der Waals surface area contributed by atoms with E-state index in [9.17, 15) is 8.22 Å². The maximum atomic E-state index is 9.81. The van der Waals surface area contributed by atoms with E-state index in [-0.39, 0.29) is 16.8 Å². The molecular weight excluding hydrogens is 623 g/mol. The topological polar surface area (TPSA) is 51.8 Å². The first-order valence-corrected chi connectivity index (χ1v) is 15.2. The van der Waals surface area contributed by atoms with Crippen LogP contribution >= 0.6 is 0 Å². The van der Waals surface area contributed by atoms with Crippen LogP contribution in [0.1, 0.15) is 32.9 Å². The van der Waals surface area contributed by atoms with Gasteiger partial charge >= 0.3 is 0 Å². The van der Waals surface area contributed by atoms with E-state index in [1.807, 2.05) is 0 Å². The zero-order valence-corrected chi connectivity index (χ0v) is 25.6. The summed E-state index contributed by atoms with van der Waals surface area (Å²) in [5.74, 6) is -1.37. The van der Waals surface area contributed by atoms with Crippen molar-refractivity contribution >= 4 is 43.5 Å². The Hall–Kier alpha value is -6.91. The van der Waals surface area contributed by atoms with Crippen LogP contribution in [0.2, 0.25) is 0 Å². The van der Waals surface area contributed by atoms with Crippen LogP contribution in [0, 0.1) is 0 Å². The van der Waals surface area contributed by atoms with E-state index in [0.717, 1.165) is 0 Å². The molecule has 0 aliphatic heterocycles. The van der Waals surface area contributed by atoms with Crippen molar-refractivity contribution < 1.29 is 37.3 Å². The number of hydrogen-bond acceptors (Lipinski definition) is 4. The van der Waals surface area contributed by atoms with Crippen molar-refractivity contribution in [3.05, 3.63) is 175 Å². The Morgan fingerprint density at radius 2 is 1.00 bits per heavy atom. The second kappa shape index (κ2) is 11.9. The Morgan fingerprint density at radius 3 is 1.80 bits per heavy atom. The Kier molecular flexibility index (Phi) is 3.21. The van der Waals surface area contributed by atoms with Gasteiger partial charge in [-0.3, -0.25) is 0 Å². The molecule has 0 radical (unpaired) electrons. The SMILES string of the molecule is [2H]c1c([2H])c([2H])c(-c2c([2H])c([2H])c(-c3nc(-c4ccccc4)nc(-c4c([2H])c([2H])c5oc6c([2H])c(-c7c([2H])c([2H])c([2H])c8c([2H])c([2H])c([2H])c([2H])c78)c7c([2H])c([2H])c([2H])c([2H])c7c6c5c4[2H])n3)c([2H])c2[2H])c([2H])c1[2H]. The zero-order chi connectivity index (χ0) is 54.6. The molecule has 10 aromatic rings. The summed E-state index contributed by atoms with van der Waals surface area (Å²) in [6.07, 6.45) is 0. The van der Waals surface area contributed by atoms with E-state index < -0.39 is 228 Å². The summed E-state index contributed by atoms with van der Waals surface area (Å²) < 4.78 is 219. The molecule has 0 amide bonds. The van der Waals surface area contributed by atoms with Gasteiger partial charge in [0.2, 0.25) is 0 Å². The van der Waals surface area contributed by atoms with Gasteiger partial charge in [-0.15, -0.1) is 0 Å². The third kappa shape index (κ3) is 5.04. The van der Waals surface area contributed by atoms with Gasteiger partial charge in [-0.2, -0.15) is 0 Å². The predicted molar refractivity (Wildman–Crippen MR) is 209 cm³/mol. The van der Waals surface area contributed by atoms with E-state index in [2.05, 4.69) is 15.0 Å². The molecule has 0 N–H and O–H groups in total. The molecule has 2 aromatic heterocycles. The lowest BCUT2D eigenvalue weighted by Gasteiger charge is -2.11. The molecule has 0 bridgehead atoms. The van der Waals surface area contributed by atoms with Crippen LogP contribution in [0.3, 0.4) is 0 Å². The molecule has 0 saturated carbocycles. The first kappa shape index (κ1) is 13.8. The number of benzene rings is 8. The number of hydrogen-bond donors (Lipinski definition) is 0. The molecule has 0 spiro atoms. The summed E-state index contributed by atoms with van der Waals surface area (Å²) in [7, 11) is 0. The lowest BCUT2D eigenvalue weighted by molar-refractivity contribution is 0.669. The number of nitrogens with zero attached hydrogens (tertiary/aromatic N) is 3. The van der Waals surface area contributed by atoms with Gasteiger partial charge in [-0.1, -0.05) is 151 Å². The van der Waals surface area contributed by atoms with Crippen molar-refractivity contribution in [3.63, 3.8) is 0 Å². The zero-order valence-electron chi connectivity index (χ0n) is 49.6. The van der Waals surface area contributed by atoms with Crippen molar-refractivity contribution in [1.82, 2.24) is 15.0 Å². The fourth-order valence-corrected chi connectivity index (χ4v) is 5.64. The standard InChI is InChI=1S/C47H29N3O/c1-3-12-30(13-4-1)31-22-24-34(25-23-31)46-48-45(33-15-5-2-6-16-33)49-47(50-46)35-26-27-42-41(28-35)44-39-20-10-9-19-38(39)40(29-43(44)51-42)37-21-11-17-32-14-7-8-18-36(32)37/h1-29H/i1D,3D,4D,7D,8D,9D,10D,11D,12D,13D,14D,17D,18D,19D,20D,21D,22D,23D,24D,25D,26D,27D,28D,29D. The molecule has 4 nitrogen and oxygen atoms in total. The Morgan fingerprint density at radius 1 is 0.392 bits per heavy atom. The first-order chi connectivity index (χ1) is 35.3. The average molecular weight is 676 g/mol. The molecule has 0 aliphatic carbocycles. The highest BCUT2D eigenvalue weighted by Crippen LogP contribution is 2.42. The number of rotatable bonds is 5. The van der Waals surface area contributed by atoms with Crippen molar-refractivity contribution in [1.29, 1.82) is 0 Å². The molecule has 0 atom stereocenters. The third-order valence-corrected chi connectivity index (χ3v) is 7.94. The normalized spacial score (nSPS) is 18.1. The number of furan rings is 1. The van der Waals surface area contributed by atoms with Crippen molar-refractivity contribution in [2.75, 3.05) is 0 Å². The second-order valence-corrected chi connectivity index (χ2v) is 10.9. The molecule has 0 fully saturated rings. The van der Waals surface area contributed by atoms with Crippen LogP contribution in [0.25, 0.3) is 99.9 Å². The Bertz CT molecular complexity index is 4230. The minimum atomic E-state index is -0.857. The summed E-state index contributed by atoms with van der Waals surface area (Å²) >= 11 is 0. The Labute approximate surface area is 328 Å². The van der Waals surface area contributed by atoms with E-state index in [1.165, 1.54) is 0 Å². The smallest absolute Gasteiger partial charge is 0.164 e. The lowest BCUT2D eigenvalue weighted by Crippen LogP contribution is -2.00. The van der Waals surface area contributed by atoms with E-state index >= 15 is 0 Å². The van der Waals surface area contributed by atoms with Crippen LogP contribution in [0.4, 0.5) is 0 Å². The van der Waals surface area contributed by atoms with Gasteiger partial charge in [-0.05, 0) is 68.0 Å². The summed E-state index contributed by atoms with van der Waals surface area (Å²) in [6.45, 7) is 0. The summed E-state index contributed by atoms with van der Waals surface area (Å²) in [5, 5.41) is -2.87. The summed E-state index contributed by atoms with van der Waals surface area (Å²) in [5.41, 5.74) is -4.44. The molecule has 2 heterocycles. The van der Waals surface area contributed by atoms with Crippen LogP contribution in [0.5, 0.6) is 0 Å². The third-order valence-electron chi connectivity index (χ3n) is 7.94. The fraction of sp³-hybridized carbons (Fsp3) is 0. The molecule has 238 valence electrons. The quantitative estimate of drug-likeness (QED) is 0.182. The summed E-state index contributed by atoms with van der Waals surface area (Å²) in [6, 6.07) is -11.4. The molecule has 4 heteroatoms. The highest BCUT2D eigenvalue weighted by atomic mass is 16.3. The number of fused-ring (bicyclic) bond motifs is 6. The summed E-state index contributed by atoms with van der Waals surface area (Å²) in [4.78, 5) is 13.5. The maximum absolute atomic E-state index is 9.81. The van der Waals surface area contributed by atoms with E-state index in [1.54, 1.807) is 30.3 Å². The monoisotopic (exact) mass is 675 g/mol. The fourth-order valence-electron chi connectivity index (χ4n) is 5.64. The molecule has 10 rings (SSSR count). The van der Waals surface area contributed by atoms with Gasteiger partial charge in [0.05, 0.1) is 32.9 Å². The molecule has 0 saturated heterocycles. The highest BCUT2D eigenvalue weighted by Gasteiger charge is 2.18. The Balaban J connectivity index is 1.34. The number of aromatic nitrogens is 3. The second-order valence-electron chi connectivity index (χ2n) is 10.9. The highest BCUT2D eigenvalue weighted by molar-refractivity contribution is 6.23. The largest absolute Gasteiger partial charge is 0.456 e. The van der Waals surface area contributed by atoms with E-state index in [4.69, 9.17) is 29.1 Å². The minimum Gasteiger partial charge on any atom is -0.456 e. The molecular formula is C47H29N3O. The molecule has 0 aliphatic rings. The maximum Gasteiger partial charge on any atom is 0.164 e. The van der Waals surface area contributed by atoms with Crippen LogP contribution in [-0.2, 0) is 0 Å². The van der Waals surface area contributed by atoms with Crippen LogP contribution < -0.4 is 0 Å². The van der Waals surface area contributed by atoms with Crippen molar-refractivity contribution in [2.24, 2.45) is 0 Å². The van der Waals surface area contributed by atoms with Gasteiger partial charge in [0.1, 0.15) is 11.2 Å². The van der Waals surface area contributed by atoms with Crippen LogP contribution in [-0.4, -0.2) is 15.0 Å². The molecule has 51 heavy (non-hydrogen) atoms. The van der Waals surface area contributed by atoms with Gasteiger partial charge in [0.15, 0.2) is 17.5 Å². The predicted octanol–water partition coefficient (Wildman–Crippen LogP) is 12.4. The van der Waals surface area contributed by atoms with Gasteiger partial charge in [0.25, 0.3) is 0 Å².